The monoisotopic (exact) mass is 462 g/mol. The molecule has 1 saturated heterocycles. The summed E-state index contributed by atoms with van der Waals surface area (Å²) >= 11 is 0. The number of nitrogens with zero attached hydrogens (tertiary/aromatic N) is 1. The number of benzene rings is 2. The van der Waals surface area contributed by atoms with Crippen molar-refractivity contribution in [1.82, 2.24) is 9.62 Å². The number of carbonyl (C=O) groups excluding carboxylic acids is 1. The van der Waals surface area contributed by atoms with Crippen molar-refractivity contribution in [3.63, 3.8) is 0 Å². The molecular formula is C23H30N2O6S. The van der Waals surface area contributed by atoms with Crippen LogP contribution in [0.1, 0.15) is 25.3 Å². The first-order chi connectivity index (χ1) is 15.2. The van der Waals surface area contributed by atoms with E-state index in [1.807, 2.05) is 24.3 Å². The zero-order chi connectivity index (χ0) is 23.4. The predicted octanol–water partition coefficient (Wildman–Crippen LogP) is 2.82. The summed E-state index contributed by atoms with van der Waals surface area (Å²) in [5.41, 5.74) is 0.0910. The predicted molar refractivity (Wildman–Crippen MR) is 120 cm³/mol. The van der Waals surface area contributed by atoms with Crippen LogP contribution in [-0.4, -0.2) is 53.0 Å². The van der Waals surface area contributed by atoms with E-state index in [-0.39, 0.29) is 23.1 Å². The molecule has 9 heteroatoms. The van der Waals surface area contributed by atoms with E-state index in [1.165, 1.54) is 24.6 Å². The van der Waals surface area contributed by atoms with Gasteiger partial charge in [0.15, 0.2) is 0 Å². The maximum atomic E-state index is 13.4. The molecule has 8 nitrogen and oxygen atoms in total. The van der Waals surface area contributed by atoms with Gasteiger partial charge in [-0.1, -0.05) is 12.1 Å². The first-order valence-electron chi connectivity index (χ1n) is 10.4. The number of hydrogen-bond donors (Lipinski definition) is 1. The second-order valence-electron chi connectivity index (χ2n) is 8.05. The lowest BCUT2D eigenvalue weighted by Crippen LogP contribution is -2.51. The topological polar surface area (TPSA) is 94.2 Å². The van der Waals surface area contributed by atoms with Crippen LogP contribution in [0.5, 0.6) is 17.2 Å². The summed E-state index contributed by atoms with van der Waals surface area (Å²) in [4.78, 5) is 13.1. The van der Waals surface area contributed by atoms with Gasteiger partial charge in [0.25, 0.3) is 0 Å². The first kappa shape index (κ1) is 23.9. The number of carbonyl (C=O) groups is 1. The molecule has 0 aliphatic carbocycles. The van der Waals surface area contributed by atoms with Gasteiger partial charge in [0.05, 0.1) is 26.7 Å². The van der Waals surface area contributed by atoms with Crippen LogP contribution < -0.4 is 19.5 Å². The molecule has 1 aliphatic heterocycles. The summed E-state index contributed by atoms with van der Waals surface area (Å²) in [7, 11) is 0.616. The van der Waals surface area contributed by atoms with E-state index in [0.29, 0.717) is 31.7 Å². The molecule has 1 heterocycles. The van der Waals surface area contributed by atoms with Crippen LogP contribution in [0.3, 0.4) is 0 Å². The largest absolute Gasteiger partial charge is 0.497 e. The molecule has 2 aromatic rings. The van der Waals surface area contributed by atoms with E-state index in [0.717, 1.165) is 11.3 Å². The van der Waals surface area contributed by atoms with Crippen LogP contribution in [-0.2, 0) is 21.4 Å². The van der Waals surface area contributed by atoms with Crippen molar-refractivity contribution in [3.05, 3.63) is 48.0 Å². The molecule has 2 aromatic carbocycles. The molecule has 0 aromatic heterocycles. The number of hydrogen-bond acceptors (Lipinski definition) is 6. The average molecular weight is 463 g/mol. The molecule has 1 amide bonds. The van der Waals surface area contributed by atoms with Gasteiger partial charge in [-0.05, 0) is 49.6 Å². The van der Waals surface area contributed by atoms with E-state index in [4.69, 9.17) is 14.2 Å². The van der Waals surface area contributed by atoms with Gasteiger partial charge >= 0.3 is 0 Å². The highest BCUT2D eigenvalue weighted by Crippen LogP contribution is 2.36. The summed E-state index contributed by atoms with van der Waals surface area (Å²) in [6.07, 6.45) is 1.18. The van der Waals surface area contributed by atoms with Gasteiger partial charge in [0, 0.05) is 25.7 Å². The molecule has 0 unspecified atom stereocenters. The summed E-state index contributed by atoms with van der Waals surface area (Å²) in [5.74, 6) is 1.22. The van der Waals surface area contributed by atoms with E-state index in [1.54, 1.807) is 26.2 Å². The van der Waals surface area contributed by atoms with Gasteiger partial charge in [-0.15, -0.1) is 0 Å². The summed E-state index contributed by atoms with van der Waals surface area (Å²) in [6, 6.07) is 12.1. The van der Waals surface area contributed by atoms with E-state index in [9.17, 15) is 13.2 Å². The van der Waals surface area contributed by atoms with Crippen molar-refractivity contribution in [1.29, 1.82) is 0 Å². The Balaban J connectivity index is 1.76. The van der Waals surface area contributed by atoms with Gasteiger partial charge in [-0.3, -0.25) is 4.79 Å². The third-order valence-corrected chi connectivity index (χ3v) is 7.68. The minimum atomic E-state index is -3.88. The van der Waals surface area contributed by atoms with Gasteiger partial charge in [-0.2, -0.15) is 4.31 Å². The van der Waals surface area contributed by atoms with Crippen LogP contribution in [0.2, 0.25) is 0 Å². The van der Waals surface area contributed by atoms with Crippen molar-refractivity contribution in [3.8, 4) is 17.2 Å². The maximum absolute atomic E-state index is 13.4. The van der Waals surface area contributed by atoms with Crippen molar-refractivity contribution in [2.75, 3.05) is 34.4 Å². The highest BCUT2D eigenvalue weighted by molar-refractivity contribution is 7.89. The number of nitrogens with one attached hydrogen (secondary N) is 1. The lowest BCUT2D eigenvalue weighted by Gasteiger charge is -2.38. The Bertz CT molecular complexity index is 1050. The number of amides is 1. The fourth-order valence-electron chi connectivity index (χ4n) is 3.85. The minimum absolute atomic E-state index is 0.0299. The van der Waals surface area contributed by atoms with Gasteiger partial charge in [0.2, 0.25) is 15.9 Å². The number of ether oxygens (including phenoxy) is 3. The molecule has 1 aliphatic rings. The number of sulfonamides is 1. The van der Waals surface area contributed by atoms with Crippen LogP contribution in [0.25, 0.3) is 0 Å². The standard InChI is InChI=1S/C23H30N2O6S/c1-23(22(26)24-15-17-6-8-18(29-2)9-7-17)12-5-13-25(16-23)32(27,28)21-14-19(30-3)10-11-20(21)31-4/h6-11,14H,5,12-13,15-16H2,1-4H3,(H,24,26)/t23-/m1/s1. The molecule has 1 N–H and O–H groups in total. The summed E-state index contributed by atoms with van der Waals surface area (Å²) in [6.45, 7) is 2.59. The summed E-state index contributed by atoms with van der Waals surface area (Å²) < 4.78 is 43.8. The SMILES string of the molecule is COc1ccc(CNC(=O)[C@]2(C)CCCN(S(=O)(=O)c3cc(OC)ccc3OC)C2)cc1. The van der Waals surface area contributed by atoms with E-state index >= 15 is 0 Å². The Kier molecular flexibility index (Phi) is 7.30. The van der Waals surface area contributed by atoms with Gasteiger partial charge in [0.1, 0.15) is 22.1 Å². The van der Waals surface area contributed by atoms with Crippen LogP contribution >= 0.6 is 0 Å². The Hall–Kier alpha value is -2.78. The molecular weight excluding hydrogens is 432 g/mol. The minimum Gasteiger partial charge on any atom is -0.497 e. The molecule has 1 fully saturated rings. The Morgan fingerprint density at radius 2 is 1.69 bits per heavy atom. The van der Waals surface area contributed by atoms with Crippen LogP contribution in [0.15, 0.2) is 47.4 Å². The Morgan fingerprint density at radius 1 is 1.03 bits per heavy atom. The zero-order valence-corrected chi connectivity index (χ0v) is 19.7. The average Bonchev–Trinajstić information content (AvgIpc) is 2.82. The molecule has 1 atom stereocenters. The molecule has 174 valence electrons. The molecule has 0 spiro atoms. The summed E-state index contributed by atoms with van der Waals surface area (Å²) in [5, 5.41) is 2.95. The molecule has 0 radical (unpaired) electrons. The highest BCUT2D eigenvalue weighted by atomic mass is 32.2. The van der Waals surface area contributed by atoms with Crippen molar-refractivity contribution in [2.45, 2.75) is 31.2 Å². The van der Waals surface area contributed by atoms with Gasteiger partial charge < -0.3 is 19.5 Å². The maximum Gasteiger partial charge on any atom is 0.246 e. The van der Waals surface area contributed by atoms with Crippen molar-refractivity contribution < 1.29 is 27.4 Å². The third-order valence-electron chi connectivity index (χ3n) is 5.81. The number of piperidine rings is 1. The first-order valence-corrected chi connectivity index (χ1v) is 11.8. The lowest BCUT2D eigenvalue weighted by molar-refractivity contribution is -0.132. The Morgan fingerprint density at radius 3 is 2.31 bits per heavy atom. The smallest absolute Gasteiger partial charge is 0.246 e. The fourth-order valence-corrected chi connectivity index (χ4v) is 5.62. The van der Waals surface area contributed by atoms with Gasteiger partial charge in [-0.25, -0.2) is 8.42 Å². The molecule has 3 rings (SSSR count). The Labute approximate surface area is 189 Å². The number of methoxy groups -OCH3 is 3. The normalized spacial score (nSPS) is 19.2. The van der Waals surface area contributed by atoms with Crippen molar-refractivity contribution >= 4 is 15.9 Å². The van der Waals surface area contributed by atoms with Crippen molar-refractivity contribution in [2.24, 2.45) is 5.41 Å². The van der Waals surface area contributed by atoms with E-state index in [2.05, 4.69) is 5.32 Å². The van der Waals surface area contributed by atoms with Crippen LogP contribution in [0, 0.1) is 5.41 Å². The highest BCUT2D eigenvalue weighted by Gasteiger charge is 2.42. The molecule has 0 bridgehead atoms. The van der Waals surface area contributed by atoms with Crippen LogP contribution in [0.4, 0.5) is 0 Å². The zero-order valence-electron chi connectivity index (χ0n) is 18.9. The second-order valence-corrected chi connectivity index (χ2v) is 9.96. The fraction of sp³-hybridized carbons (Fsp3) is 0.435. The number of rotatable bonds is 8. The second kappa shape index (κ2) is 9.79. The van der Waals surface area contributed by atoms with E-state index < -0.39 is 15.4 Å². The lowest BCUT2D eigenvalue weighted by atomic mass is 9.82. The molecule has 32 heavy (non-hydrogen) atoms. The third kappa shape index (κ3) is 4.99. The molecule has 0 saturated carbocycles. The quantitative estimate of drug-likeness (QED) is 0.648.